The van der Waals surface area contributed by atoms with Crippen LogP contribution >= 0.6 is 0 Å². The van der Waals surface area contributed by atoms with E-state index in [1.54, 1.807) is 0 Å². The Morgan fingerprint density at radius 2 is 0.455 bits per heavy atom. The monoisotopic (exact) mass is 586 g/mol. The molecular weight excluding hydrogens is 524 g/mol. The molecule has 0 aromatic rings. The minimum atomic E-state index is -1.94. The van der Waals surface area contributed by atoms with Gasteiger partial charge in [-0.15, -0.1) is 0 Å². The maximum absolute atomic E-state index is 10.7. The van der Waals surface area contributed by atoms with Crippen molar-refractivity contribution in [1.29, 1.82) is 0 Å². The fourth-order valence-electron chi connectivity index (χ4n) is 5.06. The molecule has 0 radical (unpaired) electrons. The van der Waals surface area contributed by atoms with Crippen LogP contribution in [0.1, 0.15) is 83.1 Å². The van der Waals surface area contributed by atoms with Gasteiger partial charge in [0.2, 0.25) is 0 Å². The first-order valence-corrected chi connectivity index (χ1v) is 18.0. The molecule has 0 spiro atoms. The first kappa shape index (κ1) is 44.2. The minimum absolute atomic E-state index is 0. The van der Waals surface area contributed by atoms with Gasteiger partial charge < -0.3 is 19.8 Å². The third kappa shape index (κ3) is 33.2. The summed E-state index contributed by atoms with van der Waals surface area (Å²) < 4.78 is 0. The molecule has 33 heavy (non-hydrogen) atoms. The van der Waals surface area contributed by atoms with Crippen molar-refractivity contribution in [2.45, 2.75) is 119 Å². The molecule has 0 heterocycles. The summed E-state index contributed by atoms with van der Waals surface area (Å²) in [5, 5.41) is 14.0. The number of rotatable bonds is 12. The summed E-state index contributed by atoms with van der Waals surface area (Å²) >= 11 is 0. The Hall–Kier alpha value is 1.16. The molecule has 4 nitrogen and oxygen atoms in total. The van der Waals surface area contributed by atoms with Crippen LogP contribution in [0, 0.1) is 35.5 Å². The normalized spacial score (nSPS) is 11.6. The second kappa shape index (κ2) is 24.8. The van der Waals surface area contributed by atoms with Crippen LogP contribution < -0.4 is 0 Å². The van der Waals surface area contributed by atoms with Gasteiger partial charge in [0.15, 0.2) is 16.6 Å². The van der Waals surface area contributed by atoms with Crippen LogP contribution in [0.5, 0.6) is 0 Å². The Bertz CT molecular complexity index is 301. The van der Waals surface area contributed by atoms with Crippen LogP contribution in [0.2, 0.25) is 36.3 Å². The fourth-order valence-corrected chi connectivity index (χ4v) is 15.2. The Kier molecular flexibility index (Phi) is 33.2. The molecule has 4 N–H and O–H groups in total. The molecular formula is C26H64O4Si2Zr. The van der Waals surface area contributed by atoms with E-state index < -0.39 is 16.6 Å². The molecule has 0 saturated carbocycles. The van der Waals surface area contributed by atoms with E-state index in [4.69, 9.17) is 10.2 Å². The van der Waals surface area contributed by atoms with E-state index >= 15 is 0 Å². The van der Waals surface area contributed by atoms with Crippen molar-refractivity contribution in [3.05, 3.63) is 0 Å². The average molecular weight is 588 g/mol. The van der Waals surface area contributed by atoms with Gasteiger partial charge in [0.05, 0.1) is 0 Å². The van der Waals surface area contributed by atoms with Crippen LogP contribution in [0.25, 0.3) is 0 Å². The Morgan fingerprint density at radius 3 is 0.515 bits per heavy atom. The quantitative estimate of drug-likeness (QED) is 0.185. The van der Waals surface area contributed by atoms with Gasteiger partial charge in [-0.2, -0.15) is 0 Å². The number of hydrogen-bond acceptors (Lipinski definition) is 4. The molecule has 0 unspecified atom stereocenters. The smallest absolute Gasteiger partial charge is 0.189 e. The molecule has 0 saturated heterocycles. The van der Waals surface area contributed by atoms with Crippen LogP contribution in [0.4, 0.5) is 0 Å². The van der Waals surface area contributed by atoms with Crippen LogP contribution in [0.3, 0.4) is 0 Å². The van der Waals surface area contributed by atoms with E-state index in [0.717, 1.165) is 50.5 Å². The molecule has 0 aromatic carbocycles. The molecule has 0 aliphatic carbocycles. The molecule has 0 atom stereocenters. The summed E-state index contributed by atoms with van der Waals surface area (Å²) in [4.78, 5) is 21.3. The van der Waals surface area contributed by atoms with Gasteiger partial charge in [0, 0.05) is 40.4 Å². The number of aliphatic hydroxyl groups is 2. The number of hydrogen-bond donors (Lipinski definition) is 4. The van der Waals surface area contributed by atoms with Crippen molar-refractivity contribution >= 4 is 16.6 Å². The molecule has 7 heteroatoms. The van der Waals surface area contributed by atoms with E-state index in [1.807, 2.05) is 0 Å². The van der Waals surface area contributed by atoms with Crippen molar-refractivity contribution < 1.29 is 46.0 Å². The van der Waals surface area contributed by atoms with Crippen LogP contribution in [-0.4, -0.2) is 50.7 Å². The third-order valence-electron chi connectivity index (χ3n) is 4.73. The summed E-state index contributed by atoms with van der Waals surface area (Å²) in [6.45, 7) is 26.7. The minimum Gasteiger partial charge on any atom is -0.432 e. The van der Waals surface area contributed by atoms with Gasteiger partial charge in [-0.25, -0.2) is 0 Å². The van der Waals surface area contributed by atoms with E-state index in [2.05, 4.69) is 83.1 Å². The summed E-state index contributed by atoms with van der Waals surface area (Å²) in [5.74, 6) is 3.86. The van der Waals surface area contributed by atoms with Crippen molar-refractivity contribution in [2.75, 3.05) is 14.2 Å². The van der Waals surface area contributed by atoms with E-state index in [1.165, 1.54) is 0 Å². The standard InChI is InChI=1S/2C12H28OSi.2CH4O.Zr/c2*1-10(2)7-14(13,8-11(3)4)9-12(5)6;2*1-2;/h2*10-13H,7-9H2,1-6H3;2*2H,1H3;. The predicted molar refractivity (Wildman–Crippen MR) is 150 cm³/mol. The maximum Gasteiger partial charge on any atom is 0.189 e. The van der Waals surface area contributed by atoms with Gasteiger partial charge in [-0.3, -0.25) is 0 Å². The van der Waals surface area contributed by atoms with Gasteiger partial charge in [-0.05, 0) is 71.8 Å². The van der Waals surface area contributed by atoms with Gasteiger partial charge in [0.1, 0.15) is 0 Å². The Morgan fingerprint density at radius 1 is 0.364 bits per heavy atom. The molecule has 0 aromatic heterocycles. The zero-order valence-corrected chi connectivity index (χ0v) is 29.5. The molecule has 0 aliphatic rings. The zero-order chi connectivity index (χ0) is 26.7. The molecule has 0 amide bonds. The first-order valence-electron chi connectivity index (χ1n) is 12.8. The van der Waals surface area contributed by atoms with Crippen LogP contribution in [0.15, 0.2) is 0 Å². The predicted octanol–water partition coefficient (Wildman–Crippen LogP) is 7.00. The van der Waals surface area contributed by atoms with Crippen molar-refractivity contribution in [1.82, 2.24) is 0 Å². The van der Waals surface area contributed by atoms with Crippen molar-refractivity contribution in [3.8, 4) is 0 Å². The maximum atomic E-state index is 10.7. The van der Waals surface area contributed by atoms with Crippen molar-refractivity contribution in [3.63, 3.8) is 0 Å². The summed E-state index contributed by atoms with van der Waals surface area (Å²) in [7, 11) is -1.88. The molecule has 204 valence electrons. The second-order valence-electron chi connectivity index (χ2n) is 12.0. The van der Waals surface area contributed by atoms with Gasteiger partial charge in [-0.1, -0.05) is 83.1 Å². The largest absolute Gasteiger partial charge is 0.432 e. The number of aliphatic hydroxyl groups excluding tert-OH is 2. The van der Waals surface area contributed by atoms with Crippen LogP contribution in [-0.2, 0) is 26.2 Å². The molecule has 0 fully saturated rings. The Balaban J connectivity index is -0.000000134. The SMILES string of the molecule is CC(C)C[Si](O)(CC(C)C)CC(C)C.CC(C)C[Si](O)(CC(C)C)CC(C)C.CO.CO.[Zr]. The fraction of sp³-hybridized carbons (Fsp3) is 1.00. The van der Waals surface area contributed by atoms with E-state index in [-0.39, 0.29) is 26.2 Å². The summed E-state index contributed by atoms with van der Waals surface area (Å²) in [6.07, 6.45) is 0. The first-order chi connectivity index (χ1) is 14.5. The summed E-state index contributed by atoms with van der Waals surface area (Å²) in [6, 6.07) is 6.44. The molecule has 0 aliphatic heterocycles. The van der Waals surface area contributed by atoms with Gasteiger partial charge in [0.25, 0.3) is 0 Å². The summed E-state index contributed by atoms with van der Waals surface area (Å²) in [5.41, 5.74) is 0. The molecule has 0 rings (SSSR count). The molecule has 0 bridgehead atoms. The van der Waals surface area contributed by atoms with E-state index in [9.17, 15) is 9.59 Å². The average Bonchev–Trinajstić information content (AvgIpc) is 2.53. The Labute approximate surface area is 230 Å². The van der Waals surface area contributed by atoms with Gasteiger partial charge >= 0.3 is 0 Å². The topological polar surface area (TPSA) is 80.9 Å². The third-order valence-corrected chi connectivity index (χ3v) is 14.2. The zero-order valence-electron chi connectivity index (χ0n) is 25.0. The second-order valence-corrected chi connectivity index (χ2v) is 19.4. The van der Waals surface area contributed by atoms with Crippen molar-refractivity contribution in [2.24, 2.45) is 35.5 Å². The van der Waals surface area contributed by atoms with E-state index in [0.29, 0.717) is 35.5 Å².